The maximum atomic E-state index is 9.97. The summed E-state index contributed by atoms with van der Waals surface area (Å²) < 4.78 is 5.97. The minimum atomic E-state index is -0.319. The number of halogens is 1. The average molecular weight is 381 g/mol. The molecule has 1 aliphatic rings. The van der Waals surface area contributed by atoms with Crippen LogP contribution in [-0.2, 0) is 11.2 Å². The predicted molar refractivity (Wildman–Crippen MR) is 106 cm³/mol. The molecule has 0 aliphatic carbocycles. The average Bonchev–Trinajstić information content (AvgIpc) is 2.60. The summed E-state index contributed by atoms with van der Waals surface area (Å²) in [6, 6.07) is 13.1. The fraction of sp³-hybridized carbons (Fsp3) is 0.429. The zero-order valence-corrected chi connectivity index (χ0v) is 15.3. The number of aromatic hydroxyl groups is 1. The molecule has 3 N–H and O–H groups in total. The number of aliphatic hydroxyl groups is 2. The maximum absolute atomic E-state index is 9.97. The van der Waals surface area contributed by atoms with Crippen molar-refractivity contribution in [3.05, 3.63) is 64.2 Å². The van der Waals surface area contributed by atoms with Crippen molar-refractivity contribution in [3.63, 3.8) is 0 Å². The van der Waals surface area contributed by atoms with Gasteiger partial charge < -0.3 is 20.1 Å². The molecule has 4 nitrogen and oxygen atoms in total. The third-order valence-electron chi connectivity index (χ3n) is 4.26. The van der Waals surface area contributed by atoms with Crippen LogP contribution in [0.25, 0.3) is 0 Å². The van der Waals surface area contributed by atoms with E-state index in [1.807, 2.05) is 31.2 Å². The minimum Gasteiger partial charge on any atom is -0.508 e. The van der Waals surface area contributed by atoms with Gasteiger partial charge in [0.1, 0.15) is 5.75 Å². The van der Waals surface area contributed by atoms with Crippen molar-refractivity contribution in [2.45, 2.75) is 51.9 Å². The van der Waals surface area contributed by atoms with Crippen LogP contribution in [0.4, 0.5) is 0 Å². The maximum Gasteiger partial charge on any atom is 0.115 e. The summed E-state index contributed by atoms with van der Waals surface area (Å²) in [6.45, 7) is 1.99. The number of benzene rings is 2. The largest absolute Gasteiger partial charge is 0.508 e. The zero-order valence-electron chi connectivity index (χ0n) is 14.5. The molecular weight excluding hydrogens is 352 g/mol. The molecule has 5 heteroatoms. The van der Waals surface area contributed by atoms with E-state index in [9.17, 15) is 10.2 Å². The predicted octanol–water partition coefficient (Wildman–Crippen LogP) is 4.48. The molecule has 144 valence electrons. The molecule has 3 unspecified atom stereocenters. The fourth-order valence-corrected chi connectivity index (χ4v) is 3.28. The first-order chi connectivity index (χ1) is 12.0. The first-order valence-electron chi connectivity index (χ1n) is 8.35. The summed E-state index contributed by atoms with van der Waals surface area (Å²) in [6.07, 6.45) is 1.64. The summed E-state index contributed by atoms with van der Waals surface area (Å²) in [5.41, 5.74) is 3.15. The highest BCUT2D eigenvalue weighted by Crippen LogP contribution is 2.33. The number of phenols is 1. The Bertz CT molecular complexity index is 662. The van der Waals surface area contributed by atoms with Gasteiger partial charge in [-0.15, -0.1) is 0 Å². The zero-order chi connectivity index (χ0) is 18.4. The lowest BCUT2D eigenvalue weighted by molar-refractivity contribution is -0.0895. The quantitative estimate of drug-likeness (QED) is 0.734. The Morgan fingerprint density at radius 2 is 1.73 bits per heavy atom. The first kappa shape index (κ1) is 22.5. The van der Waals surface area contributed by atoms with Gasteiger partial charge in [0.2, 0.25) is 0 Å². The van der Waals surface area contributed by atoms with Crippen LogP contribution >= 0.6 is 11.6 Å². The van der Waals surface area contributed by atoms with Crippen molar-refractivity contribution in [2.75, 3.05) is 7.11 Å². The van der Waals surface area contributed by atoms with Crippen LogP contribution in [0.5, 0.6) is 5.75 Å². The SMILES string of the molecule is C.CC1CC(O)CC(c2ccc(Cl)c(Cc3ccc(O)cc3)c2)O1.CO. The lowest BCUT2D eigenvalue weighted by Crippen LogP contribution is -2.29. The van der Waals surface area contributed by atoms with Crippen molar-refractivity contribution in [3.8, 4) is 5.75 Å². The molecular formula is C21H29ClO4. The van der Waals surface area contributed by atoms with Crippen LogP contribution in [0.1, 0.15) is 50.0 Å². The number of phenolic OH excluding ortho intramolecular Hbond substituents is 1. The summed E-state index contributed by atoms with van der Waals surface area (Å²) in [7, 11) is 1.00. The van der Waals surface area contributed by atoms with Gasteiger partial charge in [0.25, 0.3) is 0 Å². The molecule has 3 rings (SSSR count). The van der Waals surface area contributed by atoms with Crippen LogP contribution < -0.4 is 0 Å². The molecule has 26 heavy (non-hydrogen) atoms. The number of ether oxygens (including phenoxy) is 1. The van der Waals surface area contributed by atoms with Crippen molar-refractivity contribution < 1.29 is 20.1 Å². The molecule has 1 fully saturated rings. The summed E-state index contributed by atoms with van der Waals surface area (Å²) in [4.78, 5) is 0. The second-order valence-electron chi connectivity index (χ2n) is 6.25. The Balaban J connectivity index is 0.00000109. The van der Waals surface area contributed by atoms with Crippen LogP contribution in [0, 0.1) is 0 Å². The van der Waals surface area contributed by atoms with E-state index in [-0.39, 0.29) is 31.5 Å². The molecule has 0 amide bonds. The lowest BCUT2D eigenvalue weighted by Gasteiger charge is -2.31. The van der Waals surface area contributed by atoms with Gasteiger partial charge in [0.05, 0.1) is 18.3 Å². The van der Waals surface area contributed by atoms with E-state index in [1.54, 1.807) is 12.1 Å². The van der Waals surface area contributed by atoms with Gasteiger partial charge in [0.15, 0.2) is 0 Å². The van der Waals surface area contributed by atoms with Gasteiger partial charge in [0, 0.05) is 18.6 Å². The summed E-state index contributed by atoms with van der Waals surface area (Å²) in [5, 5.41) is 27.1. The molecule has 1 heterocycles. The highest BCUT2D eigenvalue weighted by atomic mass is 35.5. The Morgan fingerprint density at radius 3 is 2.35 bits per heavy atom. The Kier molecular flexibility index (Phi) is 9.09. The van der Waals surface area contributed by atoms with Gasteiger partial charge in [-0.2, -0.15) is 0 Å². The highest BCUT2D eigenvalue weighted by molar-refractivity contribution is 6.31. The van der Waals surface area contributed by atoms with E-state index >= 15 is 0 Å². The van der Waals surface area contributed by atoms with Gasteiger partial charge in [-0.1, -0.05) is 43.3 Å². The first-order valence-corrected chi connectivity index (χ1v) is 8.73. The fourth-order valence-electron chi connectivity index (χ4n) is 3.10. The summed E-state index contributed by atoms with van der Waals surface area (Å²) in [5.74, 6) is 0.257. The highest BCUT2D eigenvalue weighted by Gasteiger charge is 2.27. The van der Waals surface area contributed by atoms with Crippen LogP contribution in [0.15, 0.2) is 42.5 Å². The van der Waals surface area contributed by atoms with Crippen LogP contribution in [0.3, 0.4) is 0 Å². The molecule has 0 spiro atoms. The minimum absolute atomic E-state index is 0. The van der Waals surface area contributed by atoms with Crippen molar-refractivity contribution >= 4 is 11.6 Å². The Hall–Kier alpha value is -1.59. The van der Waals surface area contributed by atoms with Crippen molar-refractivity contribution in [1.29, 1.82) is 0 Å². The molecule has 0 radical (unpaired) electrons. The molecule has 0 bridgehead atoms. The molecule has 1 aliphatic heterocycles. The molecule has 0 aromatic heterocycles. The molecule has 2 aromatic rings. The monoisotopic (exact) mass is 380 g/mol. The van der Waals surface area contributed by atoms with E-state index in [0.29, 0.717) is 24.3 Å². The van der Waals surface area contributed by atoms with Crippen molar-refractivity contribution in [2.24, 2.45) is 0 Å². The second kappa shape index (κ2) is 10.5. The number of aliphatic hydroxyl groups excluding tert-OH is 2. The summed E-state index contributed by atoms with van der Waals surface area (Å²) >= 11 is 6.33. The van der Waals surface area contributed by atoms with E-state index in [1.165, 1.54) is 0 Å². The third kappa shape index (κ3) is 5.99. The Labute approximate surface area is 161 Å². The van der Waals surface area contributed by atoms with Crippen LogP contribution in [0.2, 0.25) is 5.02 Å². The molecule has 3 atom stereocenters. The normalized spacial score (nSPS) is 22.0. The molecule has 0 saturated carbocycles. The molecule has 2 aromatic carbocycles. The van der Waals surface area contributed by atoms with E-state index in [0.717, 1.165) is 23.8 Å². The van der Waals surface area contributed by atoms with Gasteiger partial charge in [-0.25, -0.2) is 0 Å². The van der Waals surface area contributed by atoms with Crippen LogP contribution in [-0.4, -0.2) is 34.6 Å². The van der Waals surface area contributed by atoms with Gasteiger partial charge >= 0.3 is 0 Å². The third-order valence-corrected chi connectivity index (χ3v) is 4.63. The Morgan fingerprint density at radius 1 is 1.08 bits per heavy atom. The standard InChI is InChI=1S/C19H21ClO3.CH4O.CH4/c1-12-8-17(22)11-19(23-12)14-4-7-18(20)15(10-14)9-13-2-5-16(21)6-3-13;1-2;/h2-7,10,12,17,19,21-22H,8-9,11H2,1H3;2H,1H3;1H4. The second-order valence-corrected chi connectivity index (χ2v) is 6.66. The lowest BCUT2D eigenvalue weighted by atomic mass is 9.94. The number of hydrogen-bond donors (Lipinski definition) is 3. The number of rotatable bonds is 3. The van der Waals surface area contributed by atoms with E-state index < -0.39 is 0 Å². The smallest absolute Gasteiger partial charge is 0.115 e. The van der Waals surface area contributed by atoms with E-state index in [4.69, 9.17) is 21.4 Å². The number of hydrogen-bond acceptors (Lipinski definition) is 4. The molecule has 1 saturated heterocycles. The van der Waals surface area contributed by atoms with E-state index in [2.05, 4.69) is 6.07 Å². The topological polar surface area (TPSA) is 69.9 Å². The van der Waals surface area contributed by atoms with Crippen molar-refractivity contribution in [1.82, 2.24) is 0 Å². The van der Waals surface area contributed by atoms with Gasteiger partial charge in [-0.05, 0) is 54.7 Å². The van der Waals surface area contributed by atoms with Gasteiger partial charge in [-0.3, -0.25) is 0 Å².